The first kappa shape index (κ1) is 17.2. The Morgan fingerprint density at radius 1 is 1.32 bits per heavy atom. The van der Waals surface area contributed by atoms with Crippen LogP contribution in [-0.2, 0) is 24.5 Å². The van der Waals surface area contributed by atoms with Crippen LogP contribution in [0.2, 0.25) is 0 Å². The lowest BCUT2D eigenvalue weighted by molar-refractivity contribution is -0.147. The number of rotatable bonds is 7. The predicted octanol–water partition coefficient (Wildman–Crippen LogP) is 0.811. The van der Waals surface area contributed by atoms with Crippen molar-refractivity contribution in [3.63, 3.8) is 0 Å². The molecule has 7 nitrogen and oxygen atoms in total. The topological polar surface area (TPSA) is 92.8 Å². The number of hydrogen-bond donors (Lipinski definition) is 1. The van der Waals surface area contributed by atoms with Crippen molar-refractivity contribution >= 4 is 22.1 Å². The third-order valence-electron chi connectivity index (χ3n) is 4.25. The van der Waals surface area contributed by atoms with Crippen molar-refractivity contribution in [2.24, 2.45) is 11.8 Å². The largest absolute Gasteiger partial charge is 0.465 e. The zero-order valence-corrected chi connectivity index (χ0v) is 13.9. The molecule has 0 bridgehead atoms. The molecule has 1 aliphatic carbocycles. The van der Waals surface area contributed by atoms with E-state index in [0.717, 1.165) is 17.1 Å². The lowest BCUT2D eigenvalue weighted by atomic mass is 10.0. The number of ether oxygens (including phenoxy) is 1. The Morgan fingerprint density at radius 2 is 2.00 bits per heavy atom. The van der Waals surface area contributed by atoms with E-state index in [2.05, 4.69) is 4.72 Å². The van der Waals surface area contributed by atoms with E-state index in [1.54, 1.807) is 6.92 Å². The Morgan fingerprint density at radius 3 is 2.59 bits per heavy atom. The lowest BCUT2D eigenvalue weighted by Crippen LogP contribution is -2.48. The fourth-order valence-corrected chi connectivity index (χ4v) is 4.25. The second kappa shape index (κ2) is 6.95. The van der Waals surface area contributed by atoms with Crippen molar-refractivity contribution in [1.82, 2.24) is 9.03 Å². The minimum atomic E-state index is -3.99. The summed E-state index contributed by atoms with van der Waals surface area (Å²) in [6, 6.07) is -0.828. The van der Waals surface area contributed by atoms with E-state index in [1.807, 2.05) is 6.92 Å². The van der Waals surface area contributed by atoms with E-state index >= 15 is 0 Å². The van der Waals surface area contributed by atoms with Crippen LogP contribution < -0.4 is 4.72 Å². The molecule has 2 atom stereocenters. The molecule has 0 aromatic heterocycles. The number of amides is 1. The van der Waals surface area contributed by atoms with Crippen molar-refractivity contribution in [2.75, 3.05) is 13.2 Å². The summed E-state index contributed by atoms with van der Waals surface area (Å²) < 4.78 is 32.7. The molecule has 2 aliphatic rings. The molecule has 8 heteroatoms. The van der Waals surface area contributed by atoms with Gasteiger partial charge >= 0.3 is 16.2 Å². The van der Waals surface area contributed by atoms with Gasteiger partial charge in [-0.05, 0) is 44.4 Å². The molecule has 22 heavy (non-hydrogen) atoms. The average molecular weight is 332 g/mol. The third kappa shape index (κ3) is 4.19. The van der Waals surface area contributed by atoms with Gasteiger partial charge in [0, 0.05) is 13.0 Å². The normalized spacial score (nSPS) is 24.0. The van der Waals surface area contributed by atoms with Gasteiger partial charge in [0.2, 0.25) is 5.91 Å². The van der Waals surface area contributed by atoms with Crippen LogP contribution in [0, 0.1) is 11.8 Å². The summed E-state index contributed by atoms with van der Waals surface area (Å²) in [5.74, 6) is -0.333. The number of esters is 1. The summed E-state index contributed by atoms with van der Waals surface area (Å²) in [6.45, 7) is 4.06. The van der Waals surface area contributed by atoms with Gasteiger partial charge in [-0.25, -0.2) is 4.72 Å². The van der Waals surface area contributed by atoms with E-state index in [1.165, 1.54) is 0 Å². The summed E-state index contributed by atoms with van der Waals surface area (Å²) in [7, 11) is -3.99. The maximum Gasteiger partial charge on any atom is 0.324 e. The molecule has 0 spiro atoms. The highest BCUT2D eigenvalue weighted by Gasteiger charge is 2.40. The van der Waals surface area contributed by atoms with Gasteiger partial charge in [0.25, 0.3) is 0 Å². The van der Waals surface area contributed by atoms with E-state index < -0.39 is 28.1 Å². The van der Waals surface area contributed by atoms with Crippen LogP contribution in [-0.4, -0.2) is 43.8 Å². The summed E-state index contributed by atoms with van der Waals surface area (Å²) in [6.07, 6.45) is 3.42. The number of nitrogens with zero attached hydrogens (tertiary/aromatic N) is 1. The quantitative estimate of drug-likeness (QED) is 0.697. The predicted molar refractivity (Wildman–Crippen MR) is 79.9 cm³/mol. The molecule has 2 fully saturated rings. The first-order valence-electron chi connectivity index (χ1n) is 7.84. The Hall–Kier alpha value is -1.15. The van der Waals surface area contributed by atoms with Crippen molar-refractivity contribution < 1.29 is 22.7 Å². The minimum Gasteiger partial charge on any atom is -0.465 e. The molecule has 1 heterocycles. The Kier molecular flexibility index (Phi) is 5.44. The summed E-state index contributed by atoms with van der Waals surface area (Å²) in [5.41, 5.74) is 0. The highest BCUT2D eigenvalue weighted by molar-refractivity contribution is 7.87. The van der Waals surface area contributed by atoms with Gasteiger partial charge in [0.1, 0.15) is 6.04 Å². The molecule has 0 radical (unpaired) electrons. The Balaban J connectivity index is 1.95. The number of hydrogen-bond acceptors (Lipinski definition) is 5. The summed E-state index contributed by atoms with van der Waals surface area (Å²) in [4.78, 5) is 23.7. The third-order valence-corrected chi connectivity index (χ3v) is 5.79. The molecule has 2 rings (SSSR count). The van der Waals surface area contributed by atoms with Crippen LogP contribution in [0.25, 0.3) is 0 Å². The molecule has 1 aliphatic heterocycles. The van der Waals surface area contributed by atoms with E-state index in [-0.39, 0.29) is 25.5 Å². The van der Waals surface area contributed by atoms with Gasteiger partial charge in [0.15, 0.2) is 0 Å². The van der Waals surface area contributed by atoms with Crippen molar-refractivity contribution in [2.45, 2.75) is 52.0 Å². The zero-order chi connectivity index (χ0) is 16.3. The fourth-order valence-electron chi connectivity index (χ4n) is 2.87. The zero-order valence-electron chi connectivity index (χ0n) is 13.1. The second-order valence-corrected chi connectivity index (χ2v) is 7.69. The first-order valence-corrected chi connectivity index (χ1v) is 9.28. The molecule has 1 amide bonds. The average Bonchev–Trinajstić information content (AvgIpc) is 3.14. The Labute approximate surface area is 131 Å². The SMILES string of the molecule is CCOC(=O)[C@H]1CCCN1S(=O)(=O)NC(=O)C[C@@H](C)C1CC1. The molecule has 0 unspecified atom stereocenters. The van der Waals surface area contributed by atoms with Crippen molar-refractivity contribution in [1.29, 1.82) is 0 Å². The molecule has 1 saturated carbocycles. The van der Waals surface area contributed by atoms with Gasteiger partial charge in [-0.3, -0.25) is 9.59 Å². The summed E-state index contributed by atoms with van der Waals surface area (Å²) >= 11 is 0. The number of nitrogens with one attached hydrogen (secondary N) is 1. The van der Waals surface area contributed by atoms with Crippen LogP contribution in [0.3, 0.4) is 0 Å². The maximum atomic E-state index is 12.3. The smallest absolute Gasteiger partial charge is 0.324 e. The van der Waals surface area contributed by atoms with Crippen LogP contribution in [0.5, 0.6) is 0 Å². The second-order valence-electron chi connectivity index (χ2n) is 6.07. The van der Waals surface area contributed by atoms with E-state index in [9.17, 15) is 18.0 Å². The van der Waals surface area contributed by atoms with Gasteiger partial charge in [-0.15, -0.1) is 0 Å². The van der Waals surface area contributed by atoms with Crippen LogP contribution >= 0.6 is 0 Å². The van der Waals surface area contributed by atoms with Crippen LogP contribution in [0.1, 0.15) is 46.0 Å². The fraction of sp³-hybridized carbons (Fsp3) is 0.857. The number of carbonyl (C=O) groups is 2. The molecular weight excluding hydrogens is 308 g/mol. The monoisotopic (exact) mass is 332 g/mol. The van der Waals surface area contributed by atoms with E-state index in [4.69, 9.17) is 4.74 Å². The minimum absolute atomic E-state index is 0.189. The molecule has 0 aromatic carbocycles. The van der Waals surface area contributed by atoms with E-state index in [0.29, 0.717) is 18.8 Å². The Bertz CT molecular complexity index is 529. The molecule has 0 aromatic rings. The number of carbonyl (C=O) groups excluding carboxylic acids is 2. The van der Waals surface area contributed by atoms with Crippen molar-refractivity contribution in [3.8, 4) is 0 Å². The van der Waals surface area contributed by atoms with Gasteiger partial charge in [0.05, 0.1) is 6.61 Å². The van der Waals surface area contributed by atoms with Crippen LogP contribution in [0.4, 0.5) is 0 Å². The summed E-state index contributed by atoms with van der Waals surface area (Å²) in [5, 5.41) is 0. The molecule has 1 N–H and O–H groups in total. The molecular formula is C14H24N2O5S. The van der Waals surface area contributed by atoms with Gasteiger partial charge in [-0.2, -0.15) is 12.7 Å². The first-order chi connectivity index (χ1) is 10.3. The molecule has 126 valence electrons. The highest BCUT2D eigenvalue weighted by Crippen LogP contribution is 2.38. The van der Waals surface area contributed by atoms with Gasteiger partial charge in [-0.1, -0.05) is 6.92 Å². The highest BCUT2D eigenvalue weighted by atomic mass is 32.2. The standard InChI is InChI=1S/C14H24N2O5S/c1-3-21-14(18)12-5-4-8-16(12)22(19,20)15-13(17)9-10(2)11-6-7-11/h10-12H,3-9H2,1-2H3,(H,15,17)/t10-,12-/m1/s1. The maximum absolute atomic E-state index is 12.3. The van der Waals surface area contributed by atoms with Gasteiger partial charge < -0.3 is 4.74 Å². The lowest BCUT2D eigenvalue weighted by Gasteiger charge is -2.23. The molecule has 1 saturated heterocycles. The van der Waals surface area contributed by atoms with Crippen molar-refractivity contribution in [3.05, 3.63) is 0 Å². The van der Waals surface area contributed by atoms with Crippen LogP contribution in [0.15, 0.2) is 0 Å².